The molecular formula is C5H12NO3PS. The van der Waals surface area contributed by atoms with Crippen molar-refractivity contribution in [2.24, 2.45) is 0 Å². The summed E-state index contributed by atoms with van der Waals surface area (Å²) in [4.78, 5) is 0. The summed E-state index contributed by atoms with van der Waals surface area (Å²) in [6, 6.07) is 0. The fourth-order valence-corrected chi connectivity index (χ4v) is 2.12. The molecule has 1 unspecified atom stereocenters. The van der Waals surface area contributed by atoms with Gasteiger partial charge in [0.25, 0.3) is 10.1 Å². The van der Waals surface area contributed by atoms with Crippen molar-refractivity contribution in [1.82, 2.24) is 4.67 Å². The van der Waals surface area contributed by atoms with E-state index < -0.39 is 10.1 Å². The van der Waals surface area contributed by atoms with E-state index in [0.29, 0.717) is 6.54 Å². The lowest BCUT2D eigenvalue weighted by Gasteiger charge is -2.08. The van der Waals surface area contributed by atoms with Gasteiger partial charge in [0.1, 0.15) is 0 Å². The van der Waals surface area contributed by atoms with Crippen LogP contribution >= 0.6 is 9.39 Å². The van der Waals surface area contributed by atoms with E-state index in [0.717, 1.165) is 19.2 Å². The van der Waals surface area contributed by atoms with Crippen molar-refractivity contribution in [1.29, 1.82) is 0 Å². The van der Waals surface area contributed by atoms with Gasteiger partial charge in [0.2, 0.25) is 0 Å². The number of hydrogen-bond acceptors (Lipinski definition) is 4. The Morgan fingerprint density at radius 1 is 1.64 bits per heavy atom. The average Bonchev–Trinajstić information content (AvgIpc) is 2.10. The highest BCUT2D eigenvalue weighted by molar-refractivity contribution is 7.86. The maximum absolute atomic E-state index is 10.6. The van der Waals surface area contributed by atoms with E-state index in [1.54, 1.807) is 0 Å². The maximum atomic E-state index is 10.6. The van der Waals surface area contributed by atoms with Gasteiger partial charge in [-0.1, -0.05) is 9.39 Å². The van der Waals surface area contributed by atoms with Crippen LogP contribution in [0.3, 0.4) is 0 Å². The van der Waals surface area contributed by atoms with Crippen LogP contribution in [0.2, 0.25) is 0 Å². The van der Waals surface area contributed by atoms with Gasteiger partial charge in [0, 0.05) is 13.1 Å². The summed E-state index contributed by atoms with van der Waals surface area (Å²) < 4.78 is 28.0. The third-order valence-electron chi connectivity index (χ3n) is 1.49. The molecule has 6 heteroatoms. The molecular weight excluding hydrogens is 185 g/mol. The van der Waals surface area contributed by atoms with Crippen LogP contribution in [0, 0.1) is 0 Å². The molecule has 66 valence electrons. The Kier molecular flexibility index (Phi) is 2.86. The Morgan fingerprint density at radius 3 is 2.64 bits per heavy atom. The van der Waals surface area contributed by atoms with Crippen LogP contribution in [-0.2, 0) is 14.3 Å². The zero-order valence-corrected chi connectivity index (χ0v) is 8.33. The Bertz CT molecular complexity index is 228. The lowest BCUT2D eigenvalue weighted by atomic mass is 10.3. The van der Waals surface area contributed by atoms with E-state index >= 15 is 0 Å². The molecule has 0 aromatic rings. The summed E-state index contributed by atoms with van der Waals surface area (Å²) in [6.07, 6.45) is 1.72. The van der Waals surface area contributed by atoms with Gasteiger partial charge in [-0.3, -0.25) is 8.85 Å². The van der Waals surface area contributed by atoms with E-state index in [-0.39, 0.29) is 6.10 Å². The first-order chi connectivity index (χ1) is 4.97. The molecule has 2 atom stereocenters. The van der Waals surface area contributed by atoms with Gasteiger partial charge in [0.15, 0.2) is 0 Å². The molecule has 4 nitrogen and oxygen atoms in total. The summed E-state index contributed by atoms with van der Waals surface area (Å²) in [5.41, 5.74) is 0. The van der Waals surface area contributed by atoms with E-state index in [1.165, 1.54) is 0 Å². The topological polar surface area (TPSA) is 46.6 Å². The first kappa shape index (κ1) is 9.39. The SMILES string of the molecule is CS(=O)(=O)O[C@@H]1CCN(P)C1. The summed E-state index contributed by atoms with van der Waals surface area (Å²) in [5, 5.41) is 0. The largest absolute Gasteiger partial charge is 0.285 e. The monoisotopic (exact) mass is 197 g/mol. The summed E-state index contributed by atoms with van der Waals surface area (Å²) in [5.74, 6) is 0. The molecule has 1 saturated heterocycles. The van der Waals surface area contributed by atoms with Crippen molar-refractivity contribution < 1.29 is 12.6 Å². The van der Waals surface area contributed by atoms with Gasteiger partial charge >= 0.3 is 0 Å². The highest BCUT2D eigenvalue weighted by Gasteiger charge is 2.23. The predicted octanol–water partition coefficient (Wildman–Crippen LogP) is -0.173. The van der Waals surface area contributed by atoms with Gasteiger partial charge in [0.05, 0.1) is 12.4 Å². The molecule has 1 aliphatic heterocycles. The minimum absolute atomic E-state index is 0.150. The van der Waals surface area contributed by atoms with Crippen LogP contribution in [-0.4, -0.2) is 38.5 Å². The lowest BCUT2D eigenvalue weighted by Crippen LogP contribution is -2.19. The Morgan fingerprint density at radius 2 is 2.27 bits per heavy atom. The van der Waals surface area contributed by atoms with Crippen LogP contribution in [0.25, 0.3) is 0 Å². The van der Waals surface area contributed by atoms with E-state index in [9.17, 15) is 8.42 Å². The second-order valence-electron chi connectivity index (χ2n) is 2.71. The molecule has 0 saturated carbocycles. The molecule has 0 radical (unpaired) electrons. The van der Waals surface area contributed by atoms with E-state index in [1.807, 2.05) is 4.67 Å². The molecule has 0 bridgehead atoms. The quantitative estimate of drug-likeness (QED) is 0.455. The van der Waals surface area contributed by atoms with Crippen LogP contribution < -0.4 is 0 Å². The lowest BCUT2D eigenvalue weighted by molar-refractivity contribution is 0.226. The number of rotatable bonds is 2. The summed E-state index contributed by atoms with van der Waals surface area (Å²) in [6.45, 7) is 1.56. The van der Waals surface area contributed by atoms with Crippen molar-refractivity contribution in [3.05, 3.63) is 0 Å². The minimum Gasteiger partial charge on any atom is -0.285 e. The zero-order chi connectivity index (χ0) is 8.48. The Balaban J connectivity index is 2.41. The molecule has 0 aliphatic carbocycles. The van der Waals surface area contributed by atoms with Crippen LogP contribution in [0.4, 0.5) is 0 Å². The molecule has 0 spiro atoms. The minimum atomic E-state index is -3.27. The van der Waals surface area contributed by atoms with Gasteiger partial charge in [-0.25, -0.2) is 0 Å². The second kappa shape index (κ2) is 3.35. The number of nitrogens with zero attached hydrogens (tertiary/aromatic N) is 1. The van der Waals surface area contributed by atoms with Gasteiger partial charge in [-0.05, 0) is 6.42 Å². The van der Waals surface area contributed by atoms with Crippen molar-refractivity contribution >= 4 is 19.5 Å². The fraction of sp³-hybridized carbons (Fsp3) is 1.00. The highest BCUT2D eigenvalue weighted by atomic mass is 32.2. The van der Waals surface area contributed by atoms with Gasteiger partial charge in [-0.15, -0.1) is 0 Å². The van der Waals surface area contributed by atoms with Crippen molar-refractivity contribution in [3.8, 4) is 0 Å². The molecule has 11 heavy (non-hydrogen) atoms. The second-order valence-corrected chi connectivity index (χ2v) is 5.04. The first-order valence-corrected chi connectivity index (χ1v) is 5.68. The van der Waals surface area contributed by atoms with Crippen molar-refractivity contribution in [3.63, 3.8) is 0 Å². The Hall–Kier alpha value is 0.300. The molecule has 0 aromatic carbocycles. The van der Waals surface area contributed by atoms with Crippen LogP contribution in [0.5, 0.6) is 0 Å². The smallest absolute Gasteiger partial charge is 0.264 e. The molecule has 1 rings (SSSR count). The third-order valence-corrected chi connectivity index (χ3v) is 2.58. The van der Waals surface area contributed by atoms with Crippen molar-refractivity contribution in [2.75, 3.05) is 19.3 Å². The van der Waals surface area contributed by atoms with Crippen LogP contribution in [0.1, 0.15) is 6.42 Å². The van der Waals surface area contributed by atoms with Crippen LogP contribution in [0.15, 0.2) is 0 Å². The van der Waals surface area contributed by atoms with E-state index in [2.05, 4.69) is 9.39 Å². The zero-order valence-electron chi connectivity index (χ0n) is 6.36. The molecule has 1 aliphatic rings. The third kappa shape index (κ3) is 3.47. The molecule has 0 N–H and O–H groups in total. The van der Waals surface area contributed by atoms with E-state index in [4.69, 9.17) is 4.18 Å². The molecule has 1 fully saturated rings. The van der Waals surface area contributed by atoms with Gasteiger partial charge in [-0.2, -0.15) is 8.42 Å². The predicted molar refractivity (Wildman–Crippen MR) is 45.6 cm³/mol. The molecule has 1 heterocycles. The van der Waals surface area contributed by atoms with Gasteiger partial charge < -0.3 is 0 Å². The molecule has 0 aromatic heterocycles. The fourth-order valence-electron chi connectivity index (χ4n) is 1.08. The Labute approximate surface area is 69.3 Å². The first-order valence-electron chi connectivity index (χ1n) is 3.35. The average molecular weight is 197 g/mol. The summed E-state index contributed by atoms with van der Waals surface area (Å²) >= 11 is 0. The van der Waals surface area contributed by atoms with Crippen molar-refractivity contribution in [2.45, 2.75) is 12.5 Å². The number of hydrogen-bond donors (Lipinski definition) is 0. The highest BCUT2D eigenvalue weighted by Crippen LogP contribution is 2.16. The standard InChI is InChI=1S/C5H12NO3PS/c1-11(7,8)9-5-2-3-6(10)4-5/h5H,2-4,10H2,1H3/t5-/m1/s1. The normalized spacial score (nSPS) is 27.6. The summed E-state index contributed by atoms with van der Waals surface area (Å²) in [7, 11) is -0.741. The maximum Gasteiger partial charge on any atom is 0.264 e. The molecule has 0 amide bonds.